The van der Waals surface area contributed by atoms with E-state index in [-0.39, 0.29) is 11.7 Å². The largest absolute Gasteiger partial charge is 0.493 e. The van der Waals surface area contributed by atoms with E-state index in [0.717, 1.165) is 48.3 Å². The lowest BCUT2D eigenvalue weighted by Crippen LogP contribution is -2.42. The molecule has 1 aliphatic rings. The summed E-state index contributed by atoms with van der Waals surface area (Å²) in [5.41, 5.74) is 5.22. The van der Waals surface area contributed by atoms with Gasteiger partial charge in [-0.2, -0.15) is 0 Å². The first-order valence-corrected chi connectivity index (χ1v) is 13.0. The van der Waals surface area contributed by atoms with Gasteiger partial charge in [0, 0.05) is 13.1 Å². The summed E-state index contributed by atoms with van der Waals surface area (Å²) in [5.74, 6) is 1.72. The Morgan fingerprint density at radius 1 is 1.00 bits per heavy atom. The van der Waals surface area contributed by atoms with E-state index in [0.29, 0.717) is 29.5 Å². The predicted molar refractivity (Wildman–Crippen MR) is 147 cm³/mol. The van der Waals surface area contributed by atoms with Crippen molar-refractivity contribution in [1.29, 1.82) is 0 Å². The van der Waals surface area contributed by atoms with Crippen LogP contribution in [-0.4, -0.2) is 56.3 Å². The minimum absolute atomic E-state index is 0.0373. The molecule has 0 saturated carbocycles. The number of methoxy groups -OCH3 is 2. The number of nitrogens with one attached hydrogen (secondary N) is 1. The fourth-order valence-corrected chi connectivity index (χ4v) is 5.65. The zero-order valence-corrected chi connectivity index (χ0v) is 21.9. The average molecular weight is 513 g/mol. The smallest absolute Gasteiger partial charge is 0.326 e. The number of pyridine rings is 1. The molecule has 0 unspecified atom stereocenters. The number of aromatic nitrogens is 5. The number of benzene rings is 2. The monoisotopic (exact) mass is 512 g/mol. The summed E-state index contributed by atoms with van der Waals surface area (Å²) in [6, 6.07) is 16.4. The van der Waals surface area contributed by atoms with Crippen LogP contribution in [0.25, 0.3) is 22.2 Å². The van der Waals surface area contributed by atoms with E-state index in [4.69, 9.17) is 14.5 Å². The summed E-state index contributed by atoms with van der Waals surface area (Å²) < 4.78 is 14.8. The minimum Gasteiger partial charge on any atom is -0.493 e. The van der Waals surface area contributed by atoms with Gasteiger partial charge in [0.05, 0.1) is 44.8 Å². The van der Waals surface area contributed by atoms with Crippen molar-refractivity contribution in [1.82, 2.24) is 29.0 Å². The maximum atomic E-state index is 13.3. The second-order valence-electron chi connectivity index (χ2n) is 10.1. The Morgan fingerprint density at radius 2 is 1.82 bits per heavy atom. The Kier molecular flexibility index (Phi) is 6.37. The van der Waals surface area contributed by atoms with Crippen LogP contribution in [0, 0.1) is 5.92 Å². The molecule has 1 saturated heterocycles. The van der Waals surface area contributed by atoms with Gasteiger partial charge in [-0.25, -0.2) is 14.8 Å². The fraction of sp³-hybridized carbons (Fsp3) is 0.345. The zero-order chi connectivity index (χ0) is 26.2. The van der Waals surface area contributed by atoms with Crippen LogP contribution in [0.2, 0.25) is 0 Å². The number of likely N-dealkylation sites (tertiary alicyclic amines) is 1. The molecule has 1 fully saturated rings. The van der Waals surface area contributed by atoms with Gasteiger partial charge in [0.15, 0.2) is 17.1 Å². The third kappa shape index (κ3) is 4.32. The van der Waals surface area contributed by atoms with E-state index < -0.39 is 0 Å². The van der Waals surface area contributed by atoms with E-state index in [1.807, 2.05) is 33.4 Å². The van der Waals surface area contributed by atoms with Gasteiger partial charge in [-0.15, -0.1) is 0 Å². The lowest BCUT2D eigenvalue weighted by atomic mass is 9.92. The van der Waals surface area contributed by atoms with Crippen molar-refractivity contribution in [3.63, 3.8) is 0 Å². The summed E-state index contributed by atoms with van der Waals surface area (Å²) in [5, 5.41) is 0. The van der Waals surface area contributed by atoms with Gasteiger partial charge in [0.2, 0.25) is 0 Å². The van der Waals surface area contributed by atoms with Crippen molar-refractivity contribution in [2.75, 3.05) is 27.3 Å². The lowest BCUT2D eigenvalue weighted by Gasteiger charge is -2.37. The molecule has 2 aromatic carbocycles. The molecule has 3 aromatic heterocycles. The lowest BCUT2D eigenvalue weighted by molar-refractivity contribution is 0.127. The number of hydrogen-bond donors (Lipinski definition) is 1. The first-order valence-electron chi connectivity index (χ1n) is 13.0. The SMILES string of the molecule is COc1ccc(Cn2cnc3c2ncc2[nH]c(=O)n([C@@H]4CN(Cc5ccccc5)CC[C@@H]4C)c23)cc1OC. The molecular weight excluding hydrogens is 480 g/mol. The summed E-state index contributed by atoms with van der Waals surface area (Å²) in [6.07, 6.45) is 4.57. The van der Waals surface area contributed by atoms with Crippen molar-refractivity contribution in [3.8, 4) is 11.5 Å². The number of nitrogens with zero attached hydrogens (tertiary/aromatic N) is 5. The van der Waals surface area contributed by atoms with Crippen LogP contribution in [0.3, 0.4) is 0 Å². The van der Waals surface area contributed by atoms with E-state index in [2.05, 4.69) is 46.1 Å². The van der Waals surface area contributed by atoms with Crippen molar-refractivity contribution in [2.24, 2.45) is 5.92 Å². The van der Waals surface area contributed by atoms with E-state index in [1.165, 1.54) is 5.56 Å². The second kappa shape index (κ2) is 9.98. The molecule has 0 radical (unpaired) electrons. The van der Waals surface area contributed by atoms with Gasteiger partial charge in [0.1, 0.15) is 11.0 Å². The molecule has 9 heteroatoms. The molecule has 0 aliphatic carbocycles. The minimum atomic E-state index is -0.109. The van der Waals surface area contributed by atoms with E-state index in [1.54, 1.807) is 26.7 Å². The Bertz CT molecular complexity index is 1640. The maximum absolute atomic E-state index is 13.3. The molecule has 196 valence electrons. The van der Waals surface area contributed by atoms with Crippen LogP contribution in [0.5, 0.6) is 11.5 Å². The molecular formula is C29H32N6O3. The first kappa shape index (κ1) is 24.2. The fourth-order valence-electron chi connectivity index (χ4n) is 5.65. The molecule has 38 heavy (non-hydrogen) atoms. The third-order valence-electron chi connectivity index (χ3n) is 7.69. The Hall–Kier alpha value is -4.11. The molecule has 9 nitrogen and oxygen atoms in total. The molecule has 1 N–H and O–H groups in total. The Balaban J connectivity index is 1.36. The van der Waals surface area contributed by atoms with Gasteiger partial charge >= 0.3 is 5.69 Å². The van der Waals surface area contributed by atoms with Crippen LogP contribution in [0.1, 0.15) is 30.5 Å². The average Bonchev–Trinajstić information content (AvgIpc) is 3.50. The van der Waals surface area contributed by atoms with Gasteiger partial charge < -0.3 is 19.0 Å². The highest BCUT2D eigenvalue weighted by Gasteiger charge is 2.31. The molecule has 4 heterocycles. The highest BCUT2D eigenvalue weighted by Crippen LogP contribution is 2.32. The number of rotatable bonds is 7. The van der Waals surface area contributed by atoms with Gasteiger partial charge in [-0.3, -0.25) is 9.47 Å². The van der Waals surface area contributed by atoms with Gasteiger partial charge in [0.25, 0.3) is 0 Å². The molecule has 5 aromatic rings. The molecule has 1 aliphatic heterocycles. The van der Waals surface area contributed by atoms with E-state index in [9.17, 15) is 4.79 Å². The highest BCUT2D eigenvalue weighted by atomic mass is 16.5. The number of piperidine rings is 1. The maximum Gasteiger partial charge on any atom is 0.326 e. The number of imidazole rings is 2. The van der Waals surface area contributed by atoms with Crippen LogP contribution >= 0.6 is 0 Å². The van der Waals surface area contributed by atoms with Gasteiger partial charge in [-0.1, -0.05) is 43.3 Å². The van der Waals surface area contributed by atoms with Crippen molar-refractivity contribution in [3.05, 3.63) is 82.7 Å². The van der Waals surface area contributed by atoms with Crippen LogP contribution in [0.15, 0.2) is 65.8 Å². The highest BCUT2D eigenvalue weighted by molar-refractivity contribution is 5.98. The molecule has 2 atom stereocenters. The number of ether oxygens (including phenoxy) is 2. The zero-order valence-electron chi connectivity index (χ0n) is 21.9. The third-order valence-corrected chi connectivity index (χ3v) is 7.69. The Morgan fingerprint density at radius 3 is 2.61 bits per heavy atom. The normalized spacial score (nSPS) is 18.3. The number of H-pyrrole nitrogens is 1. The topological polar surface area (TPSA) is 90.2 Å². The summed E-state index contributed by atoms with van der Waals surface area (Å²) in [7, 11) is 3.26. The van der Waals surface area contributed by atoms with Gasteiger partial charge in [-0.05, 0) is 42.1 Å². The molecule has 6 rings (SSSR count). The number of hydrogen-bond acceptors (Lipinski definition) is 6. The van der Waals surface area contributed by atoms with Crippen molar-refractivity contribution >= 4 is 22.2 Å². The second-order valence-corrected chi connectivity index (χ2v) is 10.1. The molecule has 0 amide bonds. The summed E-state index contributed by atoms with van der Waals surface area (Å²) in [4.78, 5) is 28.2. The van der Waals surface area contributed by atoms with Crippen molar-refractivity contribution < 1.29 is 9.47 Å². The van der Waals surface area contributed by atoms with Crippen LogP contribution < -0.4 is 15.2 Å². The standard InChI is InChI=1S/C29H32N6O3/c1-19-11-12-33(15-20-7-5-4-6-8-20)17-23(19)35-27-22(32-29(35)36)14-30-28-26(27)31-18-34(28)16-21-9-10-24(37-2)25(13-21)38-3/h4-10,13-14,18-19,23H,11-12,15-17H2,1-3H3,(H,32,36)/t19-,23+/m0/s1. The summed E-state index contributed by atoms with van der Waals surface area (Å²) in [6.45, 7) is 5.50. The first-order chi connectivity index (χ1) is 18.6. The molecule has 0 spiro atoms. The van der Waals surface area contributed by atoms with Crippen LogP contribution in [-0.2, 0) is 13.1 Å². The quantitative estimate of drug-likeness (QED) is 0.351. The predicted octanol–water partition coefficient (Wildman–Crippen LogP) is 4.22. The Labute approximate surface area is 220 Å². The number of aromatic amines is 1. The van der Waals surface area contributed by atoms with Crippen molar-refractivity contribution in [2.45, 2.75) is 32.5 Å². The summed E-state index contributed by atoms with van der Waals surface area (Å²) >= 11 is 0. The number of fused-ring (bicyclic) bond motifs is 3. The molecule has 0 bridgehead atoms. The van der Waals surface area contributed by atoms with Crippen LogP contribution in [0.4, 0.5) is 0 Å². The van der Waals surface area contributed by atoms with E-state index >= 15 is 0 Å².